The summed E-state index contributed by atoms with van der Waals surface area (Å²) >= 11 is 13.9. The highest BCUT2D eigenvalue weighted by Gasteiger charge is 2.14. The van der Waals surface area contributed by atoms with Gasteiger partial charge in [-0.2, -0.15) is 0 Å². The fourth-order valence-electron chi connectivity index (χ4n) is 0.164. The van der Waals surface area contributed by atoms with Crippen LogP contribution >= 0.6 is 39.1 Å². The average molecular weight is 204 g/mol. The quantitative estimate of drug-likeness (QED) is 0.478. The zero-order chi connectivity index (χ0) is 5.91. The van der Waals surface area contributed by atoms with Crippen molar-refractivity contribution in [2.45, 2.75) is 9.66 Å². The van der Waals surface area contributed by atoms with Gasteiger partial charge in [-0.25, -0.2) is 0 Å². The highest BCUT2D eigenvalue weighted by Crippen LogP contribution is 2.32. The van der Waals surface area contributed by atoms with Crippen LogP contribution in [0.15, 0.2) is 12.7 Å². The van der Waals surface area contributed by atoms with Crippen molar-refractivity contribution in [3.05, 3.63) is 12.7 Å². The molecule has 7 heavy (non-hydrogen) atoms. The monoisotopic (exact) mass is 202 g/mol. The van der Waals surface area contributed by atoms with Gasteiger partial charge in [-0.3, -0.25) is 0 Å². The Bertz CT molecular complexity index is 64.6. The molecule has 0 atom stereocenters. The van der Waals surface area contributed by atoms with E-state index in [1.54, 1.807) is 6.08 Å². The Morgan fingerprint density at radius 1 is 1.71 bits per heavy atom. The van der Waals surface area contributed by atoms with Crippen LogP contribution in [0.2, 0.25) is 0 Å². The predicted molar refractivity (Wildman–Crippen MR) is 38.2 cm³/mol. The minimum Gasteiger partial charge on any atom is -0.103 e. The summed E-state index contributed by atoms with van der Waals surface area (Å²) in [5.74, 6) is 0. The molecular formula is C4H5BrCl2. The SMILES string of the molecule is C=CCC(Cl)(Cl)Br. The fraction of sp³-hybridized carbons (Fsp3) is 0.500. The molecule has 0 aromatic rings. The molecular weight excluding hydrogens is 199 g/mol. The van der Waals surface area contributed by atoms with Gasteiger partial charge < -0.3 is 0 Å². The first-order valence-corrected chi connectivity index (χ1v) is 3.29. The van der Waals surface area contributed by atoms with Gasteiger partial charge in [0, 0.05) is 6.42 Å². The largest absolute Gasteiger partial charge is 0.175 e. The van der Waals surface area contributed by atoms with E-state index in [-0.39, 0.29) is 0 Å². The molecule has 0 spiro atoms. The smallest absolute Gasteiger partial charge is 0.103 e. The summed E-state index contributed by atoms with van der Waals surface area (Å²) in [6.07, 6.45) is 2.20. The van der Waals surface area contributed by atoms with E-state index < -0.39 is 3.24 Å². The van der Waals surface area contributed by atoms with Crippen molar-refractivity contribution in [2.24, 2.45) is 0 Å². The average Bonchev–Trinajstić information content (AvgIpc) is 1.30. The summed E-state index contributed by atoms with van der Waals surface area (Å²) < 4.78 is -0.811. The van der Waals surface area contributed by atoms with Crippen LogP contribution in [0.3, 0.4) is 0 Å². The van der Waals surface area contributed by atoms with E-state index in [1.165, 1.54) is 0 Å². The van der Waals surface area contributed by atoms with Gasteiger partial charge in [-0.05, 0) is 15.9 Å². The maximum atomic E-state index is 5.44. The van der Waals surface area contributed by atoms with E-state index in [9.17, 15) is 0 Å². The third kappa shape index (κ3) is 6.80. The predicted octanol–water partition coefficient (Wildman–Crippen LogP) is 3.09. The van der Waals surface area contributed by atoms with Crippen molar-refractivity contribution < 1.29 is 0 Å². The van der Waals surface area contributed by atoms with Crippen LogP contribution in [-0.4, -0.2) is 3.24 Å². The second-order valence-electron chi connectivity index (χ2n) is 1.11. The van der Waals surface area contributed by atoms with Crippen LogP contribution in [-0.2, 0) is 0 Å². The van der Waals surface area contributed by atoms with E-state index >= 15 is 0 Å². The molecule has 0 fully saturated rings. The number of halogens is 3. The van der Waals surface area contributed by atoms with Crippen molar-refractivity contribution in [1.82, 2.24) is 0 Å². The summed E-state index contributed by atoms with van der Waals surface area (Å²) in [6.45, 7) is 3.45. The molecule has 42 valence electrons. The number of hydrogen-bond donors (Lipinski definition) is 0. The molecule has 0 N–H and O–H groups in total. The number of hydrogen-bond acceptors (Lipinski definition) is 0. The molecule has 0 aliphatic carbocycles. The molecule has 0 saturated heterocycles. The molecule has 0 aliphatic heterocycles. The van der Waals surface area contributed by atoms with Crippen LogP contribution in [0.4, 0.5) is 0 Å². The molecule has 0 saturated carbocycles. The lowest BCUT2D eigenvalue weighted by atomic mass is 10.5. The number of allylic oxidation sites excluding steroid dienone is 1. The molecule has 0 unspecified atom stereocenters. The standard InChI is InChI=1S/C4H5BrCl2/c1-2-3-4(5,6)7/h2H,1,3H2. The van der Waals surface area contributed by atoms with Gasteiger partial charge in [-0.1, -0.05) is 29.3 Å². The Morgan fingerprint density at radius 2 is 2.14 bits per heavy atom. The first kappa shape index (κ1) is 7.80. The van der Waals surface area contributed by atoms with Gasteiger partial charge in [0.2, 0.25) is 0 Å². The summed E-state index contributed by atoms with van der Waals surface area (Å²) in [5, 5.41) is 0. The molecule has 3 heteroatoms. The normalized spacial score (nSPS) is 11.3. The van der Waals surface area contributed by atoms with Crippen LogP contribution in [0.1, 0.15) is 6.42 Å². The Hall–Kier alpha value is 0.800. The Labute approximate surface area is 61.6 Å². The van der Waals surface area contributed by atoms with Gasteiger partial charge in [-0.15, -0.1) is 6.58 Å². The Balaban J connectivity index is 3.34. The fourth-order valence-corrected chi connectivity index (χ4v) is 0.611. The molecule has 0 amide bonds. The van der Waals surface area contributed by atoms with Crippen LogP contribution < -0.4 is 0 Å². The second kappa shape index (κ2) is 2.95. The molecule has 0 rings (SSSR count). The van der Waals surface area contributed by atoms with Crippen LogP contribution in [0.25, 0.3) is 0 Å². The second-order valence-corrected chi connectivity index (χ2v) is 4.86. The van der Waals surface area contributed by atoms with E-state index in [0.29, 0.717) is 6.42 Å². The molecule has 0 bridgehead atoms. The van der Waals surface area contributed by atoms with Gasteiger partial charge in [0.25, 0.3) is 0 Å². The first-order chi connectivity index (χ1) is 3.06. The summed E-state index contributed by atoms with van der Waals surface area (Å²) in [6, 6.07) is 0. The van der Waals surface area contributed by atoms with Crippen molar-refractivity contribution in [3.63, 3.8) is 0 Å². The third-order valence-electron chi connectivity index (χ3n) is 0.376. The molecule has 0 aliphatic rings. The minimum absolute atomic E-state index is 0.552. The van der Waals surface area contributed by atoms with Crippen molar-refractivity contribution in [2.75, 3.05) is 0 Å². The van der Waals surface area contributed by atoms with Crippen molar-refractivity contribution in [1.29, 1.82) is 0 Å². The number of rotatable bonds is 2. The third-order valence-corrected chi connectivity index (χ3v) is 1.01. The molecule has 0 aromatic heterocycles. The maximum Gasteiger partial charge on any atom is 0.175 e. The molecule has 0 radical (unpaired) electrons. The number of alkyl halides is 3. The first-order valence-electron chi connectivity index (χ1n) is 1.74. The molecule has 0 heterocycles. The maximum absolute atomic E-state index is 5.44. The lowest BCUT2D eigenvalue weighted by Gasteiger charge is -2.04. The van der Waals surface area contributed by atoms with Crippen LogP contribution in [0.5, 0.6) is 0 Å². The molecule has 0 nitrogen and oxygen atoms in total. The van der Waals surface area contributed by atoms with E-state index in [1.807, 2.05) is 0 Å². The minimum atomic E-state index is -0.811. The van der Waals surface area contributed by atoms with Crippen molar-refractivity contribution >= 4 is 39.1 Å². The highest BCUT2D eigenvalue weighted by molar-refractivity contribution is 9.11. The summed E-state index contributed by atoms with van der Waals surface area (Å²) in [5.41, 5.74) is 0. The van der Waals surface area contributed by atoms with Gasteiger partial charge >= 0.3 is 0 Å². The highest BCUT2D eigenvalue weighted by atomic mass is 79.9. The molecule has 0 aromatic carbocycles. The lowest BCUT2D eigenvalue weighted by Crippen LogP contribution is -1.95. The zero-order valence-corrected chi connectivity index (χ0v) is 6.72. The summed E-state index contributed by atoms with van der Waals surface area (Å²) in [7, 11) is 0. The lowest BCUT2D eigenvalue weighted by molar-refractivity contribution is 1.11. The zero-order valence-electron chi connectivity index (χ0n) is 3.63. The summed E-state index contributed by atoms with van der Waals surface area (Å²) in [4.78, 5) is 0. The topological polar surface area (TPSA) is 0 Å². The van der Waals surface area contributed by atoms with Gasteiger partial charge in [0.15, 0.2) is 3.24 Å². The van der Waals surface area contributed by atoms with Crippen molar-refractivity contribution in [3.8, 4) is 0 Å². The van der Waals surface area contributed by atoms with E-state index in [2.05, 4.69) is 22.5 Å². The Morgan fingerprint density at radius 3 is 2.14 bits per heavy atom. The van der Waals surface area contributed by atoms with E-state index in [0.717, 1.165) is 0 Å². The van der Waals surface area contributed by atoms with E-state index in [4.69, 9.17) is 23.2 Å². The van der Waals surface area contributed by atoms with Crippen LogP contribution in [0, 0.1) is 0 Å². The Kier molecular flexibility index (Phi) is 3.29. The van der Waals surface area contributed by atoms with Gasteiger partial charge in [0.1, 0.15) is 0 Å². The van der Waals surface area contributed by atoms with Gasteiger partial charge in [0.05, 0.1) is 0 Å².